The maximum Gasteiger partial charge on any atom is 0.416 e. The van der Waals surface area contributed by atoms with Crippen molar-refractivity contribution in [3.63, 3.8) is 0 Å². The third-order valence-electron chi connectivity index (χ3n) is 23.2. The number of hydrogen-bond donors (Lipinski definition) is 7. The number of aryl methyl sites for hydroxylation is 4. The van der Waals surface area contributed by atoms with Crippen molar-refractivity contribution in [2.75, 3.05) is 18.8 Å². The number of hydrogen-bond acceptors (Lipinski definition) is 19. The number of allylic oxidation sites excluding steroid dienone is 4. The Labute approximate surface area is 818 Å². The normalized spacial score (nSPS) is 12.8. The number of nitro groups is 1. The van der Waals surface area contributed by atoms with E-state index in [-0.39, 0.29) is 132 Å². The molecule has 0 aliphatic heterocycles. The van der Waals surface area contributed by atoms with Crippen molar-refractivity contribution in [1.82, 2.24) is 57.1 Å². The monoisotopic (exact) mass is 2070 g/mol. The van der Waals surface area contributed by atoms with Gasteiger partial charge in [-0.2, -0.15) is 13.2 Å². The maximum atomic E-state index is 14.9. The molecule has 1 saturated carbocycles. The fraction of sp³-hybridized carbons (Fsp3) is 0.162. The number of nitro benzene ring substituents is 1. The Morgan fingerprint density at radius 3 is 1.45 bits per heavy atom. The summed E-state index contributed by atoms with van der Waals surface area (Å²) in [5, 5.41) is 13.4. The number of aromatic nitrogens is 8. The van der Waals surface area contributed by atoms with Crippen molar-refractivity contribution in [3.8, 4) is 33.4 Å². The van der Waals surface area contributed by atoms with Gasteiger partial charge in [-0.05, 0) is 179 Å². The van der Waals surface area contributed by atoms with E-state index in [4.69, 9.17) is 23.2 Å². The molecule has 31 nitrogen and oxygen atoms in total. The second-order valence-corrected chi connectivity index (χ2v) is 41.7. The molecule has 0 atom stereocenters. The van der Waals surface area contributed by atoms with E-state index >= 15 is 0 Å². The van der Waals surface area contributed by atoms with Gasteiger partial charge in [-0.25, -0.2) is 70.1 Å². The molecule has 736 valence electrons. The number of benzene rings is 8. The highest BCUT2D eigenvalue weighted by atomic mass is 35.5. The van der Waals surface area contributed by atoms with Gasteiger partial charge in [-0.3, -0.25) is 53.5 Å². The molecule has 0 spiro atoms. The summed E-state index contributed by atoms with van der Waals surface area (Å²) in [5.41, 5.74) is 2.40. The first kappa shape index (κ1) is 102. The van der Waals surface area contributed by atoms with Gasteiger partial charge in [0.15, 0.2) is 5.78 Å². The molecule has 18 rings (SSSR count). The molecule has 0 bridgehead atoms. The van der Waals surface area contributed by atoms with Gasteiger partial charge in [0.2, 0.25) is 40.1 Å². The van der Waals surface area contributed by atoms with Crippen LogP contribution in [-0.4, -0.2) is 130 Å². The smallest absolute Gasteiger partial charge is 0.331 e. The maximum absolute atomic E-state index is 14.9. The van der Waals surface area contributed by atoms with Gasteiger partial charge in [0.1, 0.15) is 46.0 Å². The number of amides is 4. The van der Waals surface area contributed by atoms with Gasteiger partial charge in [-0.1, -0.05) is 101 Å². The molecule has 0 unspecified atom stereocenters. The Morgan fingerprint density at radius 2 is 0.944 bits per heavy atom. The van der Waals surface area contributed by atoms with Crippen molar-refractivity contribution in [2.24, 2.45) is 0 Å². The average Bonchev–Trinajstić information content (AvgIpc) is 1.59. The number of nitrogens with one attached hydrogen (secondary N) is 7. The fourth-order valence-corrected chi connectivity index (χ4v) is 19.8. The number of Topliss-reactive ketones (excluding diaryl/α,β-unsaturated/α-hetero) is 1. The van der Waals surface area contributed by atoms with Gasteiger partial charge >= 0.3 is 6.18 Å². The number of alkyl halides is 3. The zero-order valence-corrected chi connectivity index (χ0v) is 80.7. The van der Waals surface area contributed by atoms with Crippen molar-refractivity contribution in [3.05, 3.63) is 378 Å². The second kappa shape index (κ2) is 40.2. The first-order chi connectivity index (χ1) is 67.4. The number of H-pyrrole nitrogens is 3. The fourth-order valence-electron chi connectivity index (χ4n) is 16.8. The van der Waals surface area contributed by atoms with Crippen LogP contribution in [0.2, 0.25) is 10.0 Å². The predicted molar refractivity (Wildman–Crippen MR) is 527 cm³/mol. The minimum atomic E-state index is -4.74. The van der Waals surface area contributed by atoms with Gasteiger partial charge in [0, 0.05) is 153 Å². The van der Waals surface area contributed by atoms with Crippen molar-refractivity contribution >= 4 is 158 Å². The SMILES string of the molecule is Cc1cc2c(-c3ccc[nH]c3=O)c(C(=O)NS(=O)(=O)C3CC3)n(Cc3cc(F)ccc3F)c2cc1F.Cc1ccc2c(c1)c(-c1ccc[nH]c1=O)c(C(=O)NS(C)(=O)=O)n2Cc1cc([N+](=O)[O-])ccc1Cl.Cc1ccc2c(c1)c(C1=CC=CCC1=O)c(C(=O)NS(C)(=O)=O)n2Cc1cnc2ccccc2c1Cl.Cc1cccc(Cn2c(C(=O)NS(C)(=O)=O)c(-c3ccc[nH]c3=O)c3cc(C(F)(F)F)ccc32)c1F. The first-order valence-corrected chi connectivity index (χ1v) is 50.9. The predicted octanol–water partition coefficient (Wildman–Crippen LogP) is 16.6. The van der Waals surface area contributed by atoms with E-state index in [1.807, 2.05) is 70.5 Å². The largest absolute Gasteiger partial charge is 0.416 e. The van der Waals surface area contributed by atoms with Crippen LogP contribution in [0.5, 0.6) is 0 Å². The number of sulfonamides is 4. The van der Waals surface area contributed by atoms with Gasteiger partial charge in [0.05, 0.1) is 76.7 Å². The summed E-state index contributed by atoms with van der Waals surface area (Å²) in [6.07, 6.45) is 9.67. The third kappa shape index (κ3) is 22.0. The Hall–Kier alpha value is -15.5. The zero-order chi connectivity index (χ0) is 103. The molecule has 8 aromatic heterocycles. The zero-order valence-electron chi connectivity index (χ0n) is 76.0. The second-order valence-electron chi connectivity index (χ2n) is 33.7. The lowest BCUT2D eigenvalue weighted by Gasteiger charge is -2.15. The Bertz CT molecular complexity index is 8830. The lowest BCUT2D eigenvalue weighted by molar-refractivity contribution is -0.384. The number of carbonyl (C=O) groups excluding carboxylic acids is 5. The lowest BCUT2D eigenvalue weighted by atomic mass is 9.93. The number of non-ortho nitro benzene ring substituents is 1. The number of rotatable bonds is 22. The molecule has 16 aromatic rings. The van der Waals surface area contributed by atoms with Crippen LogP contribution in [0.25, 0.3) is 93.5 Å². The van der Waals surface area contributed by atoms with E-state index in [1.165, 1.54) is 113 Å². The number of fused-ring (bicyclic) bond motifs is 5. The number of para-hydroxylation sites is 1. The number of ketones is 1. The molecule has 143 heavy (non-hydrogen) atoms. The summed E-state index contributed by atoms with van der Waals surface area (Å²) in [6.45, 7) is 6.05. The number of carbonyl (C=O) groups is 5. The van der Waals surface area contributed by atoms with Gasteiger partial charge < -0.3 is 33.2 Å². The molecule has 7 N–H and O–H groups in total. The van der Waals surface area contributed by atoms with E-state index in [2.05, 4.69) is 24.7 Å². The Kier molecular flexibility index (Phi) is 28.7. The minimum absolute atomic E-state index is 0.0287. The number of aromatic amines is 3. The Morgan fingerprint density at radius 1 is 0.476 bits per heavy atom. The van der Waals surface area contributed by atoms with Crippen LogP contribution >= 0.6 is 23.2 Å². The van der Waals surface area contributed by atoms with Crippen LogP contribution < -0.4 is 35.6 Å². The minimum Gasteiger partial charge on any atom is -0.331 e. The number of halogens is 9. The van der Waals surface area contributed by atoms with Crippen LogP contribution in [0.3, 0.4) is 0 Å². The molecule has 1 fully saturated rings. The van der Waals surface area contributed by atoms with E-state index in [1.54, 1.807) is 59.3 Å². The highest BCUT2D eigenvalue weighted by Gasteiger charge is 2.41. The van der Waals surface area contributed by atoms with E-state index < -0.39 is 138 Å². The van der Waals surface area contributed by atoms with E-state index in [9.17, 15) is 113 Å². The highest BCUT2D eigenvalue weighted by Crippen LogP contribution is 2.44. The first-order valence-electron chi connectivity index (χ1n) is 43.0. The molecular weight excluding hydrogens is 1990 g/mol. The summed E-state index contributed by atoms with van der Waals surface area (Å²) in [7, 11) is -15.9. The Balaban J connectivity index is 0.000000144. The van der Waals surface area contributed by atoms with E-state index in [0.29, 0.717) is 67.5 Å². The molecule has 8 heterocycles. The van der Waals surface area contributed by atoms with Crippen LogP contribution in [-0.2, 0) is 77.2 Å². The molecule has 2 aliphatic rings. The summed E-state index contributed by atoms with van der Waals surface area (Å²) in [4.78, 5) is 127. The molecule has 44 heteroatoms. The lowest BCUT2D eigenvalue weighted by Crippen LogP contribution is -2.35. The summed E-state index contributed by atoms with van der Waals surface area (Å²) >= 11 is 13.1. The summed E-state index contributed by atoms with van der Waals surface area (Å²) in [6, 6.07) is 43.6. The molecule has 8 aromatic carbocycles. The quantitative estimate of drug-likeness (QED) is 0.0188. The van der Waals surface area contributed by atoms with Crippen LogP contribution in [0.4, 0.5) is 36.4 Å². The van der Waals surface area contributed by atoms with Gasteiger partial charge in [0.25, 0.3) is 46.0 Å². The van der Waals surface area contributed by atoms with Crippen LogP contribution in [0.1, 0.15) is 117 Å². The number of nitrogens with zero attached hydrogens (tertiary/aromatic N) is 6. The van der Waals surface area contributed by atoms with Gasteiger partial charge in [-0.15, -0.1) is 0 Å². The third-order valence-corrected chi connectivity index (χ3v) is 27.5. The molecule has 0 saturated heterocycles. The summed E-state index contributed by atoms with van der Waals surface area (Å²) in [5.74, 6) is -6.92. The molecule has 2 aliphatic carbocycles. The highest BCUT2D eigenvalue weighted by molar-refractivity contribution is 7.91. The molecule has 4 amide bonds. The molecular formula is C99H80Cl2F7N13O18S4. The van der Waals surface area contributed by atoms with Crippen molar-refractivity contribution in [2.45, 2.75) is 84.6 Å². The molecule has 0 radical (unpaired) electrons. The topological polar surface area (TPSA) is 444 Å². The number of pyridine rings is 4. The van der Waals surface area contributed by atoms with E-state index in [0.717, 1.165) is 83.3 Å². The van der Waals surface area contributed by atoms with Crippen LogP contribution in [0.15, 0.2) is 239 Å². The van der Waals surface area contributed by atoms with Crippen LogP contribution in [0, 0.1) is 61.1 Å². The standard InChI is InChI=1S/C27H22ClN3O4S.C25H20F3N3O4S.C24H19F4N3O4S.C23H19ClN4O6S/c1-16-11-12-22-20(13-16)24(19-8-4-6-10-23(19)32)26(27(33)30-36(2,34)35)31(22)15-17-14-29-21-9-5-3-7-18(21)25(17)28;1-13-9-18-21(11-20(13)28)31(12-14-10-15(26)4-7-19(14)27)23(22(18)17-3-2-8-29-24(17)32)25(33)30-36(34,35)16-5-6-16;1-13-5-3-6-14(20(13)25)12-31-18-9-8-15(24(26,27)28)11-17(18)19(16-7-4-10-29-22(16)32)21(31)23(33)30-36(2,34)35;1-13-5-8-19-17(10-13)20(16-4-3-9-25-22(16)29)21(23(30)26-35(2,33)34)27(19)12-14-11-15(28(31)32)6-7-18(14)24/h3-9,11-14H,10,15H2,1-2H3,(H,30,33);2-4,7-11,16H,5-6,12H2,1H3,(H,29,32)(H,30,33);3-11H,12H2,1-2H3,(H,29,32)(H,30,33);3-11H,12H2,1-2H3,(H,25,29)(H,26,30). The average molecular weight is 2070 g/mol. The summed E-state index contributed by atoms with van der Waals surface area (Å²) < 4.78 is 209. The van der Waals surface area contributed by atoms with Crippen molar-refractivity contribution in [1.29, 1.82) is 0 Å². The van der Waals surface area contributed by atoms with Crippen molar-refractivity contribution < 1.29 is 93.3 Å².